The number of carbonyl (C=O) groups is 2. The van der Waals surface area contributed by atoms with Crippen LogP contribution in [0.1, 0.15) is 23.6 Å². The maximum atomic E-state index is 13.3. The van der Waals surface area contributed by atoms with Gasteiger partial charge in [-0.15, -0.1) is 0 Å². The first-order valence-electron chi connectivity index (χ1n) is 9.75. The Morgan fingerprint density at radius 3 is 2.26 bits per heavy atom. The zero-order valence-electron chi connectivity index (χ0n) is 18.3. The van der Waals surface area contributed by atoms with Gasteiger partial charge in [-0.05, 0) is 55.7 Å². The smallest absolute Gasteiger partial charge is 0.244 e. The van der Waals surface area contributed by atoms with Crippen LogP contribution in [0.3, 0.4) is 0 Å². The molecular formula is C22H28BrN3O4S. The van der Waals surface area contributed by atoms with Crippen molar-refractivity contribution in [3.63, 3.8) is 0 Å². The number of halogens is 1. The number of hydrogen-bond donors (Lipinski definition) is 1. The van der Waals surface area contributed by atoms with Crippen molar-refractivity contribution in [3.05, 3.63) is 63.6 Å². The van der Waals surface area contributed by atoms with Crippen LogP contribution < -0.4 is 9.62 Å². The Labute approximate surface area is 192 Å². The molecule has 0 saturated heterocycles. The van der Waals surface area contributed by atoms with Gasteiger partial charge >= 0.3 is 0 Å². The highest BCUT2D eigenvalue weighted by atomic mass is 79.9. The third-order valence-corrected chi connectivity index (χ3v) is 6.86. The van der Waals surface area contributed by atoms with E-state index in [1.54, 1.807) is 19.1 Å². The zero-order chi connectivity index (χ0) is 23.3. The summed E-state index contributed by atoms with van der Waals surface area (Å²) >= 11 is 3.38. The summed E-state index contributed by atoms with van der Waals surface area (Å²) in [4.78, 5) is 27.0. The second-order valence-electron chi connectivity index (χ2n) is 7.43. The fourth-order valence-corrected chi connectivity index (χ4v) is 4.34. The predicted molar refractivity (Wildman–Crippen MR) is 126 cm³/mol. The van der Waals surface area contributed by atoms with Crippen LogP contribution in [0.25, 0.3) is 0 Å². The van der Waals surface area contributed by atoms with Crippen molar-refractivity contribution in [3.8, 4) is 0 Å². The monoisotopic (exact) mass is 509 g/mol. The molecule has 0 spiro atoms. The molecule has 0 fully saturated rings. The van der Waals surface area contributed by atoms with Crippen LogP contribution in [0.4, 0.5) is 5.69 Å². The Balaban J connectivity index is 2.42. The lowest BCUT2D eigenvalue weighted by molar-refractivity contribution is -0.139. The average molecular weight is 510 g/mol. The fraction of sp³-hybridized carbons (Fsp3) is 0.364. The Morgan fingerprint density at radius 1 is 1.10 bits per heavy atom. The molecule has 2 aromatic carbocycles. The molecule has 1 atom stereocenters. The first kappa shape index (κ1) is 24.9. The molecule has 0 radical (unpaired) electrons. The number of amides is 2. The number of rotatable bonds is 8. The van der Waals surface area contributed by atoms with Gasteiger partial charge in [-0.3, -0.25) is 13.9 Å². The van der Waals surface area contributed by atoms with Crippen molar-refractivity contribution in [2.24, 2.45) is 0 Å². The molecule has 1 N–H and O–H groups in total. The van der Waals surface area contributed by atoms with Gasteiger partial charge in [-0.25, -0.2) is 8.42 Å². The van der Waals surface area contributed by atoms with Crippen molar-refractivity contribution in [2.45, 2.75) is 33.4 Å². The van der Waals surface area contributed by atoms with Gasteiger partial charge in [0, 0.05) is 18.1 Å². The summed E-state index contributed by atoms with van der Waals surface area (Å²) in [6.45, 7) is 5.10. The summed E-state index contributed by atoms with van der Waals surface area (Å²) < 4.78 is 27.2. The molecule has 0 aliphatic heterocycles. The lowest BCUT2D eigenvalue weighted by Gasteiger charge is -2.31. The summed E-state index contributed by atoms with van der Waals surface area (Å²) in [5.74, 6) is -0.798. The molecule has 31 heavy (non-hydrogen) atoms. The molecule has 2 rings (SSSR count). The third-order valence-electron chi connectivity index (χ3n) is 5.20. The number of benzene rings is 2. The molecule has 2 amide bonds. The lowest BCUT2D eigenvalue weighted by Crippen LogP contribution is -2.50. The van der Waals surface area contributed by atoms with E-state index in [0.29, 0.717) is 5.69 Å². The van der Waals surface area contributed by atoms with Crippen molar-refractivity contribution in [1.82, 2.24) is 10.2 Å². The minimum Gasteiger partial charge on any atom is -0.357 e. The van der Waals surface area contributed by atoms with E-state index in [-0.39, 0.29) is 12.5 Å². The van der Waals surface area contributed by atoms with E-state index in [9.17, 15) is 18.0 Å². The molecule has 7 nitrogen and oxygen atoms in total. The minimum absolute atomic E-state index is 0.172. The maximum absolute atomic E-state index is 13.3. The van der Waals surface area contributed by atoms with Gasteiger partial charge in [0.1, 0.15) is 12.6 Å². The number of likely N-dealkylation sites (N-methyl/N-ethyl adjacent to an activating group) is 1. The number of nitrogens with one attached hydrogen (secondary N) is 1. The molecule has 0 saturated carbocycles. The topological polar surface area (TPSA) is 86.8 Å². The van der Waals surface area contributed by atoms with E-state index in [2.05, 4.69) is 21.2 Å². The largest absolute Gasteiger partial charge is 0.357 e. The third kappa shape index (κ3) is 6.30. The van der Waals surface area contributed by atoms with Gasteiger partial charge < -0.3 is 10.2 Å². The Bertz CT molecular complexity index is 1050. The number of sulfonamides is 1. The van der Waals surface area contributed by atoms with E-state index in [1.165, 1.54) is 11.9 Å². The van der Waals surface area contributed by atoms with E-state index in [4.69, 9.17) is 0 Å². The molecule has 0 bridgehead atoms. The SMILES string of the molecule is CNC(=O)[C@@H](C)N(Cc1ccc(Br)cc1)C(=O)CN(c1cccc(C)c1C)S(C)(=O)=O. The minimum atomic E-state index is -3.74. The highest BCUT2D eigenvalue weighted by Gasteiger charge is 2.30. The van der Waals surface area contributed by atoms with Crippen LogP contribution in [-0.4, -0.2) is 51.0 Å². The average Bonchev–Trinajstić information content (AvgIpc) is 2.71. The first-order chi connectivity index (χ1) is 14.5. The molecule has 168 valence electrons. The Hall–Kier alpha value is -2.39. The van der Waals surface area contributed by atoms with Gasteiger partial charge in [0.2, 0.25) is 21.8 Å². The van der Waals surface area contributed by atoms with E-state index in [0.717, 1.165) is 31.7 Å². The summed E-state index contributed by atoms with van der Waals surface area (Å²) in [5.41, 5.74) is 2.97. The van der Waals surface area contributed by atoms with Crippen LogP contribution in [-0.2, 0) is 26.2 Å². The molecule has 0 unspecified atom stereocenters. The van der Waals surface area contributed by atoms with Crippen LogP contribution in [0.5, 0.6) is 0 Å². The number of aryl methyl sites for hydroxylation is 1. The number of nitrogens with zero attached hydrogens (tertiary/aromatic N) is 2. The number of anilines is 1. The molecular weight excluding hydrogens is 482 g/mol. The normalized spacial score (nSPS) is 12.2. The number of carbonyl (C=O) groups excluding carboxylic acids is 2. The Morgan fingerprint density at radius 2 is 1.71 bits per heavy atom. The van der Waals surface area contributed by atoms with Gasteiger partial charge in [0.05, 0.1) is 11.9 Å². The van der Waals surface area contributed by atoms with Crippen LogP contribution in [0, 0.1) is 13.8 Å². The molecule has 9 heteroatoms. The van der Waals surface area contributed by atoms with E-state index < -0.39 is 28.5 Å². The lowest BCUT2D eigenvalue weighted by atomic mass is 10.1. The summed E-state index contributed by atoms with van der Waals surface area (Å²) in [5, 5.41) is 2.55. The molecule has 2 aromatic rings. The van der Waals surface area contributed by atoms with Crippen molar-refractivity contribution in [1.29, 1.82) is 0 Å². The molecule has 0 aliphatic rings. The first-order valence-corrected chi connectivity index (χ1v) is 12.4. The van der Waals surface area contributed by atoms with Crippen molar-refractivity contribution >= 4 is 43.5 Å². The second-order valence-corrected chi connectivity index (χ2v) is 10.2. The summed E-state index contributed by atoms with van der Waals surface area (Å²) in [7, 11) is -2.24. The van der Waals surface area contributed by atoms with Gasteiger partial charge in [0.15, 0.2) is 0 Å². The van der Waals surface area contributed by atoms with Crippen molar-refractivity contribution in [2.75, 3.05) is 24.2 Å². The van der Waals surface area contributed by atoms with E-state index in [1.807, 2.05) is 44.2 Å². The van der Waals surface area contributed by atoms with Crippen LogP contribution >= 0.6 is 15.9 Å². The zero-order valence-corrected chi connectivity index (χ0v) is 20.7. The van der Waals surface area contributed by atoms with Crippen LogP contribution in [0.15, 0.2) is 46.9 Å². The molecule has 0 heterocycles. The summed E-state index contributed by atoms with van der Waals surface area (Å²) in [6, 6.07) is 11.9. The number of hydrogen-bond acceptors (Lipinski definition) is 4. The fourth-order valence-electron chi connectivity index (χ4n) is 3.18. The van der Waals surface area contributed by atoms with E-state index >= 15 is 0 Å². The quantitative estimate of drug-likeness (QED) is 0.592. The van der Waals surface area contributed by atoms with Crippen molar-refractivity contribution < 1.29 is 18.0 Å². The molecule has 0 aromatic heterocycles. The molecule has 0 aliphatic carbocycles. The standard InChI is InChI=1S/C22H28BrN3O4S/c1-15-7-6-8-20(16(15)2)26(31(5,29)30)14-21(27)25(17(3)22(28)24-4)13-18-9-11-19(23)12-10-18/h6-12,17H,13-14H2,1-5H3,(H,24,28)/t17-/m1/s1. The maximum Gasteiger partial charge on any atom is 0.244 e. The highest BCUT2D eigenvalue weighted by Crippen LogP contribution is 2.25. The van der Waals surface area contributed by atoms with Gasteiger partial charge in [-0.1, -0.05) is 40.2 Å². The Kier molecular flexibility index (Phi) is 8.25. The summed E-state index contributed by atoms with van der Waals surface area (Å²) in [6.07, 6.45) is 1.07. The second kappa shape index (κ2) is 10.3. The highest BCUT2D eigenvalue weighted by molar-refractivity contribution is 9.10. The van der Waals surface area contributed by atoms with Gasteiger partial charge in [0.25, 0.3) is 0 Å². The van der Waals surface area contributed by atoms with Gasteiger partial charge in [-0.2, -0.15) is 0 Å². The van der Waals surface area contributed by atoms with Crippen LogP contribution in [0.2, 0.25) is 0 Å². The predicted octanol–water partition coefficient (Wildman–Crippen LogP) is 3.00.